The summed E-state index contributed by atoms with van der Waals surface area (Å²) in [5.74, 6) is 4.50. The summed E-state index contributed by atoms with van der Waals surface area (Å²) in [5.41, 5.74) is 6.21. The number of carbonyl (C=O) groups is 1. The minimum Gasteiger partial charge on any atom is -0.422 e. The molecule has 0 radical (unpaired) electrons. The SMILES string of the molecule is CCN(CC)c1ccc2cc(/C=C/c3ccc(S(=O)(=O)O)c[n+]3CCCCCC(=O)NCC#Cc3cn([C@@H]4O[C@H](COP(=O)(O)OP(=O)(O)OP(=O)(O)O)[C@@H](O)[C@H]4O)c(=O)nc3N)c(=O)oc2c1. The van der Waals surface area contributed by atoms with Crippen molar-refractivity contribution in [3.05, 3.63) is 86.5 Å². The molecule has 0 bridgehead atoms. The first-order valence-electron chi connectivity index (χ1n) is 20.3. The molecule has 68 heavy (non-hydrogen) atoms. The number of aliphatic hydroxyl groups excluding tert-OH is 2. The van der Waals surface area contributed by atoms with E-state index in [1.807, 2.05) is 32.0 Å². The molecule has 10 N–H and O–H groups in total. The summed E-state index contributed by atoms with van der Waals surface area (Å²) in [6, 6.07) is 10.0. The molecule has 0 spiro atoms. The number of amides is 1. The Labute approximate surface area is 386 Å². The molecule has 6 atom stereocenters. The highest BCUT2D eigenvalue weighted by atomic mass is 32.2. The van der Waals surface area contributed by atoms with E-state index in [0.29, 0.717) is 40.5 Å². The molecule has 1 aromatic carbocycles. The van der Waals surface area contributed by atoms with Crippen LogP contribution in [0.2, 0.25) is 0 Å². The predicted molar refractivity (Wildman–Crippen MR) is 238 cm³/mol. The maximum Gasteiger partial charge on any atom is 0.490 e. The number of rotatable bonds is 21. The number of pyridine rings is 1. The third kappa shape index (κ3) is 15.0. The van der Waals surface area contributed by atoms with Crippen molar-refractivity contribution in [1.82, 2.24) is 14.9 Å². The summed E-state index contributed by atoms with van der Waals surface area (Å²) >= 11 is 0. The van der Waals surface area contributed by atoms with Crippen molar-refractivity contribution in [2.75, 3.05) is 36.9 Å². The number of ether oxygens (including phenoxy) is 1. The molecule has 1 fully saturated rings. The van der Waals surface area contributed by atoms with Crippen molar-refractivity contribution < 1.29 is 88.1 Å². The second-order valence-corrected chi connectivity index (χ2v) is 20.6. The molecule has 0 aliphatic carbocycles. The molecule has 3 aromatic heterocycles. The lowest BCUT2D eigenvalue weighted by Crippen LogP contribution is -2.37. The van der Waals surface area contributed by atoms with Crippen molar-refractivity contribution in [2.45, 2.75) is 75.5 Å². The van der Waals surface area contributed by atoms with Gasteiger partial charge in [0, 0.05) is 61.4 Å². The Balaban J connectivity index is 1.14. The molecule has 0 saturated carbocycles. The number of benzene rings is 1. The van der Waals surface area contributed by atoms with Crippen molar-refractivity contribution in [2.24, 2.45) is 0 Å². The fourth-order valence-electron chi connectivity index (χ4n) is 6.67. The van der Waals surface area contributed by atoms with E-state index in [9.17, 15) is 61.0 Å². The number of hydrogen-bond donors (Lipinski definition) is 9. The highest BCUT2D eigenvalue weighted by Crippen LogP contribution is 2.66. The van der Waals surface area contributed by atoms with Crippen LogP contribution in [-0.2, 0) is 53.0 Å². The second-order valence-electron chi connectivity index (χ2n) is 14.7. The molecule has 30 heteroatoms. The Morgan fingerprint density at radius 3 is 2.40 bits per heavy atom. The predicted octanol–water partition coefficient (Wildman–Crippen LogP) is 1.17. The molecular weight excluding hydrogens is 985 g/mol. The number of nitrogen functional groups attached to an aromatic ring is 1. The Hall–Kier alpha value is -4.97. The number of nitrogens with one attached hydrogen (secondary N) is 1. The molecule has 1 amide bonds. The molecule has 4 heterocycles. The van der Waals surface area contributed by atoms with E-state index in [2.05, 4.69) is 40.2 Å². The lowest BCUT2D eigenvalue weighted by Gasteiger charge is -2.20. The molecule has 1 aliphatic heterocycles. The normalized spacial score (nSPS) is 19.3. The van der Waals surface area contributed by atoms with E-state index in [1.165, 1.54) is 18.3 Å². The minimum atomic E-state index is -5.85. The van der Waals surface area contributed by atoms with Crippen molar-refractivity contribution in [1.29, 1.82) is 0 Å². The van der Waals surface area contributed by atoms with Crippen molar-refractivity contribution in [3.63, 3.8) is 0 Å². The lowest BCUT2D eigenvalue weighted by molar-refractivity contribution is -0.700. The molecule has 1 aliphatic rings. The molecule has 26 nitrogen and oxygen atoms in total. The number of aromatic nitrogens is 3. The van der Waals surface area contributed by atoms with Gasteiger partial charge in [-0.2, -0.15) is 26.6 Å². The monoisotopic (exact) mass is 1030 g/mol. The molecule has 4 aromatic rings. The number of carbonyl (C=O) groups excluding carboxylic acids is 1. The van der Waals surface area contributed by atoms with E-state index in [4.69, 9.17) is 24.7 Å². The molecule has 1 saturated heterocycles. The minimum absolute atomic E-state index is 0.0787. The number of anilines is 2. The van der Waals surface area contributed by atoms with Crippen LogP contribution in [0.25, 0.3) is 23.1 Å². The molecule has 2 unspecified atom stereocenters. The van der Waals surface area contributed by atoms with Crippen molar-refractivity contribution in [3.8, 4) is 11.8 Å². The Morgan fingerprint density at radius 1 is 1.00 bits per heavy atom. The summed E-state index contributed by atoms with van der Waals surface area (Å²) in [5, 5.41) is 24.3. The van der Waals surface area contributed by atoms with Gasteiger partial charge in [0.2, 0.25) is 11.6 Å². The summed E-state index contributed by atoms with van der Waals surface area (Å²) in [6.07, 6.45) is -0.332. The van der Waals surface area contributed by atoms with Crippen LogP contribution in [0.3, 0.4) is 0 Å². The average Bonchev–Trinajstić information content (AvgIpc) is 3.52. The molecular formula is C38H48N6O20P3S+. The highest BCUT2D eigenvalue weighted by Gasteiger charge is 2.47. The van der Waals surface area contributed by atoms with Gasteiger partial charge in [-0.15, -0.1) is 0 Å². The van der Waals surface area contributed by atoms with Crippen LogP contribution < -0.4 is 31.8 Å². The first-order valence-corrected chi connectivity index (χ1v) is 26.2. The standard InChI is InChI=1S/C38H47N6O20P3S/c1-3-42(4-2)28-14-11-24-19-25(37(48)62-30(24)20-28)12-13-27-15-16-29(68(57,58)59)22-43(27)18-7-5-6-10-32(45)40-17-8-9-26-21-44(38(49)41-35(26)39)36-34(47)33(46)31(61-36)23-60-66(53,54)64-67(55,56)63-65(50,51)52/h11-16,19-22,31,33-34,36,46-47H,3-7,10,17-18,23H2,1-2H3,(H7-,39,40,41,45,49,50,51,52,53,54,55,56,57,58,59)/p+1/t31-,33-,34-,36-/m1/s1. The van der Waals surface area contributed by atoms with E-state index < -0.39 is 76.0 Å². The quantitative estimate of drug-likeness (QED) is 0.0141. The van der Waals surface area contributed by atoms with Gasteiger partial charge in [0.1, 0.15) is 36.3 Å². The third-order valence-electron chi connectivity index (χ3n) is 9.95. The largest absolute Gasteiger partial charge is 0.490 e. The van der Waals surface area contributed by atoms with Crippen LogP contribution in [0.1, 0.15) is 62.6 Å². The number of phosphoric acid groups is 3. The summed E-state index contributed by atoms with van der Waals surface area (Å²) in [7, 11) is -21.7. The van der Waals surface area contributed by atoms with Gasteiger partial charge in [-0.05, 0) is 57.0 Å². The first kappa shape index (κ1) is 54.0. The van der Waals surface area contributed by atoms with Crippen LogP contribution >= 0.6 is 23.5 Å². The zero-order chi connectivity index (χ0) is 50.2. The molecule has 5 rings (SSSR count). The number of nitrogens with two attached hydrogens (primary N) is 1. The maximum absolute atomic E-state index is 12.9. The van der Waals surface area contributed by atoms with Gasteiger partial charge >= 0.3 is 34.8 Å². The lowest BCUT2D eigenvalue weighted by atomic mass is 10.1. The zero-order valence-corrected chi connectivity index (χ0v) is 39.5. The number of phosphoric ester groups is 1. The van der Waals surface area contributed by atoms with E-state index in [0.717, 1.165) is 25.0 Å². The van der Waals surface area contributed by atoms with E-state index in [-0.39, 0.29) is 47.3 Å². The number of hydrogen-bond acceptors (Lipinski definition) is 18. The summed E-state index contributed by atoms with van der Waals surface area (Å²) < 4.78 is 93.0. The van der Waals surface area contributed by atoms with Gasteiger partial charge in [0.05, 0.1) is 24.3 Å². The Bertz CT molecular complexity index is 2980. The van der Waals surface area contributed by atoms with Crippen LogP contribution in [0, 0.1) is 11.8 Å². The second kappa shape index (κ2) is 22.6. The van der Waals surface area contributed by atoms with Gasteiger partial charge in [-0.25, -0.2) is 23.3 Å². The van der Waals surface area contributed by atoms with Crippen molar-refractivity contribution >= 4 is 74.1 Å². The van der Waals surface area contributed by atoms with Gasteiger partial charge in [0.25, 0.3) is 10.1 Å². The van der Waals surface area contributed by atoms with Gasteiger partial charge in [0.15, 0.2) is 17.3 Å². The van der Waals surface area contributed by atoms with Gasteiger partial charge in [-0.1, -0.05) is 11.8 Å². The number of nitrogens with zero attached hydrogens (tertiary/aromatic N) is 4. The Morgan fingerprint density at radius 2 is 1.72 bits per heavy atom. The van der Waals surface area contributed by atoms with Crippen LogP contribution in [0.4, 0.5) is 11.5 Å². The van der Waals surface area contributed by atoms with Crippen LogP contribution in [-0.4, -0.2) is 103 Å². The summed E-state index contributed by atoms with van der Waals surface area (Å²) in [6.45, 7) is 4.55. The summed E-state index contributed by atoms with van der Waals surface area (Å²) in [4.78, 5) is 79.9. The topological polar surface area (TPSA) is 391 Å². The highest BCUT2D eigenvalue weighted by molar-refractivity contribution is 7.85. The average molecular weight is 1030 g/mol. The smallest absolute Gasteiger partial charge is 0.422 e. The number of aryl methyl sites for hydroxylation is 1. The fraction of sp³-hybridized carbons (Fsp3) is 0.395. The Kier molecular flexibility index (Phi) is 18.0. The van der Waals surface area contributed by atoms with Gasteiger partial charge < -0.3 is 54.9 Å². The van der Waals surface area contributed by atoms with E-state index >= 15 is 0 Å². The number of aliphatic hydroxyl groups is 2. The van der Waals surface area contributed by atoms with Crippen LogP contribution in [0.15, 0.2) is 67.7 Å². The first-order chi connectivity index (χ1) is 31.8. The van der Waals surface area contributed by atoms with Gasteiger partial charge in [-0.3, -0.25) is 18.4 Å². The number of fused-ring (bicyclic) bond motifs is 1. The zero-order valence-electron chi connectivity index (χ0n) is 36.0. The van der Waals surface area contributed by atoms with E-state index in [1.54, 1.807) is 22.8 Å². The van der Waals surface area contributed by atoms with Crippen LogP contribution in [0.5, 0.6) is 0 Å². The molecule has 370 valence electrons. The maximum atomic E-state index is 12.9. The fourth-order valence-corrected chi connectivity index (χ4v) is 10.2. The number of unbranched alkanes of at least 4 members (excludes halogenated alkanes) is 2. The third-order valence-corrected chi connectivity index (χ3v) is 14.6.